The smallest absolute Gasteiger partial charge is 0.414 e. The second kappa shape index (κ2) is 15.7. The second-order valence-corrected chi connectivity index (χ2v) is 13.2. The lowest BCUT2D eigenvalue weighted by Gasteiger charge is -2.31. The molecule has 1 heterocycles. The largest absolute Gasteiger partial charge is 0.457 e. The second-order valence-electron chi connectivity index (χ2n) is 11.3. The highest BCUT2D eigenvalue weighted by Crippen LogP contribution is 2.60. The van der Waals surface area contributed by atoms with Gasteiger partial charge in [0.2, 0.25) is 0 Å². The van der Waals surface area contributed by atoms with Crippen molar-refractivity contribution in [3.63, 3.8) is 0 Å². The highest BCUT2D eigenvalue weighted by Gasteiger charge is 2.41. The Balaban J connectivity index is 1.30. The summed E-state index contributed by atoms with van der Waals surface area (Å²) in [6.07, 6.45) is 0. The molecule has 0 radical (unpaired) electrons. The van der Waals surface area contributed by atoms with E-state index in [1.54, 1.807) is 48.5 Å². The Morgan fingerprint density at radius 1 is 0.729 bits per heavy atom. The first-order chi connectivity index (χ1) is 23.5. The van der Waals surface area contributed by atoms with Crippen molar-refractivity contribution < 1.29 is 28.3 Å². The fourth-order valence-electron chi connectivity index (χ4n) is 5.45. The molecular weight excluding hydrogens is 625 g/mol. The number of amides is 1. The topological polar surface area (TPSA) is 109 Å². The highest BCUT2D eigenvalue weighted by molar-refractivity contribution is 7.55. The molecule has 3 N–H and O–H groups in total. The summed E-state index contributed by atoms with van der Waals surface area (Å²) in [5.74, 6) is -0.465. The molecule has 2 atom stereocenters. The average molecular weight is 664 g/mol. The first kappa shape index (κ1) is 32.8. The van der Waals surface area contributed by atoms with Crippen molar-refractivity contribution in [2.75, 3.05) is 43.1 Å². The van der Waals surface area contributed by atoms with Crippen LogP contribution >= 0.6 is 7.60 Å². The van der Waals surface area contributed by atoms with Gasteiger partial charge in [-0.3, -0.25) is 4.79 Å². The third-order valence-corrected chi connectivity index (χ3v) is 9.98. The molecule has 1 aliphatic rings. The van der Waals surface area contributed by atoms with Gasteiger partial charge in [-0.2, -0.15) is 0 Å². The van der Waals surface area contributed by atoms with Gasteiger partial charge in [0.15, 0.2) is 5.78 Å². The normalized spacial score (nSPS) is 14.4. The van der Waals surface area contributed by atoms with E-state index in [0.29, 0.717) is 41.5 Å². The van der Waals surface area contributed by atoms with E-state index < -0.39 is 19.4 Å². The highest BCUT2D eigenvalue weighted by atomic mass is 31.2. The molecule has 5 aromatic carbocycles. The van der Waals surface area contributed by atoms with E-state index in [9.17, 15) is 9.90 Å². The van der Waals surface area contributed by atoms with Gasteiger partial charge in [0.05, 0.1) is 25.9 Å². The van der Waals surface area contributed by atoms with E-state index in [1.807, 2.05) is 91.0 Å². The Hall–Kier alpha value is -5.08. The minimum Gasteiger partial charge on any atom is -0.414 e. The van der Waals surface area contributed by atoms with Crippen LogP contribution in [0.3, 0.4) is 0 Å². The molecule has 5 aromatic rings. The van der Waals surface area contributed by atoms with Crippen molar-refractivity contribution in [1.29, 1.82) is 0 Å². The number of ether oxygens (including phenoxy) is 1. The third kappa shape index (κ3) is 8.25. The number of benzene rings is 5. The van der Waals surface area contributed by atoms with Crippen LogP contribution in [0.15, 0.2) is 140 Å². The molecule has 1 unspecified atom stereocenters. The zero-order chi connectivity index (χ0) is 33.2. The summed E-state index contributed by atoms with van der Waals surface area (Å²) in [5, 5.41) is 16.2. The predicted octanol–water partition coefficient (Wildman–Crippen LogP) is 7.45. The van der Waals surface area contributed by atoms with E-state index in [2.05, 4.69) is 15.5 Å². The number of aliphatic hydroxyl groups excluding tert-OH is 1. The van der Waals surface area contributed by atoms with E-state index in [4.69, 9.17) is 13.8 Å². The van der Waals surface area contributed by atoms with Gasteiger partial charge in [-0.05, 0) is 71.8 Å². The molecule has 1 amide bonds. The number of para-hydroxylation sites is 2. The lowest BCUT2D eigenvalue weighted by atomic mass is 10.1. The maximum absolute atomic E-state index is 15.1. The first-order valence-corrected chi connectivity index (χ1v) is 17.5. The summed E-state index contributed by atoms with van der Waals surface area (Å²) in [6.45, 7) is 2.67. The molecule has 0 spiro atoms. The van der Waals surface area contributed by atoms with Crippen LogP contribution in [-0.2, 0) is 9.30 Å². The molecule has 0 bridgehead atoms. The van der Waals surface area contributed by atoms with Crippen LogP contribution in [0.25, 0.3) is 0 Å². The number of hydrogen-bond donors (Lipinski definition) is 3. The van der Waals surface area contributed by atoms with Crippen LogP contribution in [0.2, 0.25) is 0 Å². The van der Waals surface area contributed by atoms with E-state index in [0.717, 1.165) is 24.3 Å². The Morgan fingerprint density at radius 2 is 1.27 bits per heavy atom. The zero-order valence-corrected chi connectivity index (χ0v) is 27.2. The summed E-state index contributed by atoms with van der Waals surface area (Å²) in [5.41, 5.74) is 3.55. The molecule has 1 fully saturated rings. The number of carbonyl (C=O) groups excluding carboxylic acids is 1. The first-order valence-electron chi connectivity index (χ1n) is 15.9. The van der Waals surface area contributed by atoms with Gasteiger partial charge in [0.25, 0.3) is 5.91 Å². The maximum Gasteiger partial charge on any atom is 0.457 e. The molecule has 9 nitrogen and oxygen atoms in total. The number of rotatable bonds is 13. The van der Waals surface area contributed by atoms with Crippen molar-refractivity contribution in [2.45, 2.75) is 11.8 Å². The van der Waals surface area contributed by atoms with E-state index in [1.165, 1.54) is 0 Å². The van der Waals surface area contributed by atoms with Crippen molar-refractivity contribution in [3.05, 3.63) is 156 Å². The van der Waals surface area contributed by atoms with Gasteiger partial charge in [-0.25, -0.2) is 4.57 Å². The summed E-state index contributed by atoms with van der Waals surface area (Å²) >= 11 is 0. The van der Waals surface area contributed by atoms with Gasteiger partial charge in [0, 0.05) is 30.0 Å². The van der Waals surface area contributed by atoms with Gasteiger partial charge in [0.1, 0.15) is 11.5 Å². The summed E-state index contributed by atoms with van der Waals surface area (Å²) < 4.78 is 33.1. The minimum absolute atomic E-state index is 0.237. The van der Waals surface area contributed by atoms with Crippen LogP contribution in [0.5, 0.6) is 11.5 Å². The van der Waals surface area contributed by atoms with E-state index in [-0.39, 0.29) is 12.5 Å². The van der Waals surface area contributed by atoms with Gasteiger partial charge < -0.3 is 34.4 Å². The number of nitrogens with zero attached hydrogens (tertiary/aromatic N) is 1. The average Bonchev–Trinajstić information content (AvgIpc) is 3.14. The standard InChI is InChI=1S/C38H38N3O6P/c42-28-36(29-10-4-1-5-11-29)40-37(43)30-16-20-32(21-17-30)39-38(31-18-22-33(23-19-31)41-24-26-45-27-25-41)48(44,46-34-12-6-2-7-13-34)47-35-14-8-3-9-15-35/h1-23,36,38-39,42H,24-28H2,(H,40,43)/t36-,38?/m1/s1. The van der Waals surface area contributed by atoms with E-state index >= 15 is 4.57 Å². The summed E-state index contributed by atoms with van der Waals surface area (Å²) in [4.78, 5) is 15.4. The third-order valence-electron chi connectivity index (χ3n) is 7.99. The number of nitrogens with one attached hydrogen (secondary N) is 2. The number of aliphatic hydroxyl groups is 1. The fraction of sp³-hybridized carbons (Fsp3) is 0.184. The fourth-order valence-corrected chi connectivity index (χ4v) is 7.38. The van der Waals surface area contributed by atoms with Crippen LogP contribution in [0.4, 0.5) is 11.4 Å². The zero-order valence-electron chi connectivity index (χ0n) is 26.4. The Kier molecular flexibility index (Phi) is 10.7. The number of hydrogen-bond acceptors (Lipinski definition) is 8. The quantitative estimate of drug-likeness (QED) is 0.112. The molecule has 1 aliphatic heterocycles. The van der Waals surface area contributed by atoms with Crippen LogP contribution in [0, 0.1) is 0 Å². The lowest BCUT2D eigenvalue weighted by molar-refractivity contribution is 0.0916. The van der Waals surface area contributed by atoms with Gasteiger partial charge in [-0.1, -0.05) is 78.9 Å². The van der Waals surface area contributed by atoms with Crippen LogP contribution in [0.1, 0.15) is 33.3 Å². The summed E-state index contributed by atoms with van der Waals surface area (Å²) in [6, 6.07) is 41.4. The lowest BCUT2D eigenvalue weighted by Crippen LogP contribution is -2.36. The Morgan fingerprint density at radius 3 is 1.81 bits per heavy atom. The van der Waals surface area contributed by atoms with Crippen molar-refractivity contribution in [1.82, 2.24) is 5.32 Å². The minimum atomic E-state index is -4.05. The number of anilines is 2. The molecule has 0 aliphatic carbocycles. The molecular formula is C38H38N3O6P. The number of morpholine rings is 1. The molecule has 0 aromatic heterocycles. The van der Waals surface area contributed by atoms with Gasteiger partial charge in [-0.15, -0.1) is 0 Å². The monoisotopic (exact) mass is 663 g/mol. The molecule has 48 heavy (non-hydrogen) atoms. The van der Waals surface area contributed by atoms with Gasteiger partial charge >= 0.3 is 7.60 Å². The van der Waals surface area contributed by atoms with Crippen molar-refractivity contribution in [2.24, 2.45) is 0 Å². The Bertz CT molecular complexity index is 1740. The molecule has 246 valence electrons. The SMILES string of the molecule is O=C(N[C@H](CO)c1ccccc1)c1ccc(NC(c2ccc(N3CCOCC3)cc2)P(=O)(Oc2ccccc2)Oc2ccccc2)cc1. The van der Waals surface area contributed by atoms with Crippen molar-refractivity contribution in [3.8, 4) is 11.5 Å². The van der Waals surface area contributed by atoms with Crippen LogP contribution < -0.4 is 24.6 Å². The molecule has 1 saturated heterocycles. The molecule has 6 rings (SSSR count). The predicted molar refractivity (Wildman–Crippen MR) is 188 cm³/mol. The maximum atomic E-state index is 15.1. The number of carbonyl (C=O) groups is 1. The van der Waals surface area contributed by atoms with Crippen LogP contribution in [-0.4, -0.2) is 43.9 Å². The molecule has 0 saturated carbocycles. The molecule has 10 heteroatoms. The van der Waals surface area contributed by atoms with Crippen molar-refractivity contribution >= 4 is 24.9 Å². The summed E-state index contributed by atoms with van der Waals surface area (Å²) in [7, 11) is -4.05. The Labute approximate surface area is 280 Å².